The van der Waals surface area contributed by atoms with Crippen LogP contribution in [-0.4, -0.2) is 15.6 Å². The molecule has 0 N–H and O–H groups in total. The van der Waals surface area contributed by atoms with Crippen molar-refractivity contribution in [2.75, 3.05) is 4.90 Å². The molecule has 1 nitrogen and oxygen atoms in total. The highest BCUT2D eigenvalue weighted by Crippen LogP contribution is 2.46. The Kier molecular flexibility index (Phi) is 6.02. The summed E-state index contributed by atoms with van der Waals surface area (Å²) in [7, 11) is 0.710. The van der Waals surface area contributed by atoms with Gasteiger partial charge in [-0.1, -0.05) is 103 Å². The average molecular weight is 586 g/mol. The smallest absolute Gasteiger partial charge is 0.125 e. The van der Waals surface area contributed by atoms with Gasteiger partial charge in [-0.25, -0.2) is 0 Å². The minimum atomic E-state index is 0.275. The van der Waals surface area contributed by atoms with Crippen molar-refractivity contribution < 1.29 is 0 Å². The average Bonchev–Trinajstić information content (AvgIpc) is 3.64. The number of rotatable bonds is 4. The standard InChI is InChI=1S/C40H31NSSi/c1-2-11-30(12-3-1)41(31-21-19-27(20-22-31)29-18-17-26-9-4-5-10-28(26)25-29)35-15-8-14-34-38-37(43-40(34)35)24-23-33-32-13-6-7-16-36(32)42-39(33)38/h1-6,9-13,15,17-21,23-25,31H,7-8,14,16,22H2. The van der Waals surface area contributed by atoms with Gasteiger partial charge in [0.1, 0.15) is 9.52 Å². The third-order valence-corrected chi connectivity index (χ3v) is 12.2. The van der Waals surface area contributed by atoms with Crippen molar-refractivity contribution in [2.45, 2.75) is 38.1 Å². The summed E-state index contributed by atoms with van der Waals surface area (Å²) in [4.78, 5) is 4.21. The summed E-state index contributed by atoms with van der Waals surface area (Å²) in [5.41, 5.74) is 9.97. The van der Waals surface area contributed by atoms with Gasteiger partial charge < -0.3 is 4.90 Å². The maximum Gasteiger partial charge on any atom is 0.125 e. The maximum atomic E-state index is 2.64. The van der Waals surface area contributed by atoms with Gasteiger partial charge in [-0.15, -0.1) is 11.3 Å². The molecule has 1 aliphatic heterocycles. The van der Waals surface area contributed by atoms with Gasteiger partial charge in [0.05, 0.1) is 6.04 Å². The molecule has 0 bridgehead atoms. The van der Waals surface area contributed by atoms with E-state index >= 15 is 0 Å². The van der Waals surface area contributed by atoms with Crippen LogP contribution < -0.4 is 10.1 Å². The van der Waals surface area contributed by atoms with Crippen LogP contribution >= 0.6 is 11.3 Å². The molecule has 2 heterocycles. The second-order valence-corrected chi connectivity index (χ2v) is 14.3. The quantitative estimate of drug-likeness (QED) is 0.190. The number of anilines is 1. The van der Waals surface area contributed by atoms with E-state index in [9.17, 15) is 0 Å². The van der Waals surface area contributed by atoms with Gasteiger partial charge in [0.15, 0.2) is 0 Å². The number of para-hydroxylation sites is 1. The molecule has 0 spiro atoms. The number of aryl methyl sites for hydroxylation is 1. The highest BCUT2D eigenvalue weighted by atomic mass is 32.1. The van der Waals surface area contributed by atoms with E-state index in [0.717, 1.165) is 19.3 Å². The summed E-state index contributed by atoms with van der Waals surface area (Å²) in [5.74, 6) is 0. The SMILES string of the molecule is C1=Cc2c(sc3c4c(ccc23)[Si]C2=C4CCC=C2N(c2ccccc2)C2C=CC(c3ccc4ccccc4c3)=CC2)CC1. The van der Waals surface area contributed by atoms with E-state index in [1.165, 1.54) is 61.8 Å². The third kappa shape index (κ3) is 4.17. The minimum Gasteiger partial charge on any atom is -0.335 e. The molecular weight excluding hydrogens is 555 g/mol. The largest absolute Gasteiger partial charge is 0.335 e. The molecule has 43 heavy (non-hydrogen) atoms. The molecule has 0 saturated carbocycles. The molecule has 4 aliphatic rings. The fourth-order valence-electron chi connectivity index (χ4n) is 7.38. The Morgan fingerprint density at radius 2 is 1.67 bits per heavy atom. The van der Waals surface area contributed by atoms with Crippen molar-refractivity contribution in [1.29, 1.82) is 0 Å². The number of hydrogen-bond donors (Lipinski definition) is 0. The monoisotopic (exact) mass is 585 g/mol. The van der Waals surface area contributed by atoms with E-state index in [1.807, 2.05) is 0 Å². The summed E-state index contributed by atoms with van der Waals surface area (Å²) in [5, 5.41) is 7.16. The molecule has 206 valence electrons. The first-order chi connectivity index (χ1) is 21.3. The van der Waals surface area contributed by atoms with Crippen LogP contribution in [-0.2, 0) is 6.42 Å². The molecule has 4 aromatic carbocycles. The number of allylic oxidation sites excluding steroid dienone is 6. The molecule has 2 radical (unpaired) electrons. The zero-order valence-corrected chi connectivity index (χ0v) is 25.8. The molecule has 0 saturated heterocycles. The molecule has 0 fully saturated rings. The van der Waals surface area contributed by atoms with E-state index in [-0.39, 0.29) is 6.04 Å². The predicted molar refractivity (Wildman–Crippen MR) is 187 cm³/mol. The number of thiophene rings is 1. The first kappa shape index (κ1) is 25.3. The van der Waals surface area contributed by atoms with Crippen LogP contribution in [0.1, 0.15) is 47.3 Å². The van der Waals surface area contributed by atoms with Crippen LogP contribution in [0.15, 0.2) is 126 Å². The molecular formula is C40H31NSSi. The van der Waals surface area contributed by atoms with Crippen molar-refractivity contribution in [3.05, 3.63) is 148 Å². The van der Waals surface area contributed by atoms with Crippen LogP contribution in [0, 0.1) is 0 Å². The van der Waals surface area contributed by atoms with Crippen LogP contribution in [0.2, 0.25) is 0 Å². The van der Waals surface area contributed by atoms with Crippen LogP contribution in [0.4, 0.5) is 5.69 Å². The fourth-order valence-corrected chi connectivity index (χ4v) is 10.4. The summed E-state index contributed by atoms with van der Waals surface area (Å²) in [6.07, 6.45) is 20.1. The maximum absolute atomic E-state index is 2.64. The van der Waals surface area contributed by atoms with E-state index in [1.54, 1.807) is 26.4 Å². The Morgan fingerprint density at radius 3 is 2.56 bits per heavy atom. The Hall–Kier alpha value is -4.18. The van der Waals surface area contributed by atoms with Crippen molar-refractivity contribution in [1.82, 2.24) is 0 Å². The Labute approximate surface area is 259 Å². The van der Waals surface area contributed by atoms with Gasteiger partial charge in [0.25, 0.3) is 0 Å². The van der Waals surface area contributed by atoms with Gasteiger partial charge >= 0.3 is 0 Å². The van der Waals surface area contributed by atoms with Crippen molar-refractivity contribution in [3.63, 3.8) is 0 Å². The van der Waals surface area contributed by atoms with Crippen molar-refractivity contribution in [2.24, 2.45) is 0 Å². The van der Waals surface area contributed by atoms with Gasteiger partial charge in [-0.2, -0.15) is 0 Å². The Balaban J connectivity index is 1.10. The Morgan fingerprint density at radius 1 is 0.791 bits per heavy atom. The summed E-state index contributed by atoms with van der Waals surface area (Å²) in [6.45, 7) is 0. The first-order valence-electron chi connectivity index (χ1n) is 15.5. The molecule has 3 aliphatic carbocycles. The number of fused-ring (bicyclic) bond motifs is 7. The van der Waals surface area contributed by atoms with E-state index in [0.29, 0.717) is 9.52 Å². The molecule has 5 aromatic rings. The molecule has 1 unspecified atom stereocenters. The number of benzene rings is 4. The lowest BCUT2D eigenvalue weighted by Crippen LogP contribution is -2.36. The number of nitrogens with zero attached hydrogens (tertiary/aromatic N) is 1. The number of hydrogen-bond acceptors (Lipinski definition) is 2. The van der Waals surface area contributed by atoms with Crippen LogP contribution in [0.5, 0.6) is 0 Å². The van der Waals surface area contributed by atoms with Gasteiger partial charge in [0, 0.05) is 26.3 Å². The zero-order valence-electron chi connectivity index (χ0n) is 24.0. The molecule has 9 rings (SSSR count). The highest BCUT2D eigenvalue weighted by Gasteiger charge is 2.34. The summed E-state index contributed by atoms with van der Waals surface area (Å²) < 4.78 is 1.53. The van der Waals surface area contributed by atoms with E-state index in [2.05, 4.69) is 138 Å². The van der Waals surface area contributed by atoms with Crippen LogP contribution in [0.3, 0.4) is 0 Å². The van der Waals surface area contributed by atoms with Gasteiger partial charge in [-0.3, -0.25) is 0 Å². The van der Waals surface area contributed by atoms with Gasteiger partial charge in [0.2, 0.25) is 0 Å². The fraction of sp³-hybridized carbons (Fsp3) is 0.150. The molecule has 0 amide bonds. The van der Waals surface area contributed by atoms with Crippen molar-refractivity contribution in [3.8, 4) is 0 Å². The first-order valence-corrected chi connectivity index (χ1v) is 17.3. The molecule has 3 heteroatoms. The second-order valence-electron chi connectivity index (χ2n) is 11.9. The molecule has 1 atom stereocenters. The van der Waals surface area contributed by atoms with E-state index < -0.39 is 0 Å². The van der Waals surface area contributed by atoms with E-state index in [4.69, 9.17) is 0 Å². The van der Waals surface area contributed by atoms with Crippen LogP contribution in [0.25, 0.3) is 38.1 Å². The summed E-state index contributed by atoms with van der Waals surface area (Å²) in [6, 6.07) is 31.7. The lowest BCUT2D eigenvalue weighted by molar-refractivity contribution is 0.756. The predicted octanol–water partition coefficient (Wildman–Crippen LogP) is 9.66. The lowest BCUT2D eigenvalue weighted by atomic mass is 9.91. The minimum absolute atomic E-state index is 0.275. The molecule has 1 aromatic heterocycles. The summed E-state index contributed by atoms with van der Waals surface area (Å²) >= 11 is 2.06. The van der Waals surface area contributed by atoms with Gasteiger partial charge in [-0.05, 0) is 99.3 Å². The second kappa shape index (κ2) is 10.2. The topological polar surface area (TPSA) is 3.24 Å². The zero-order chi connectivity index (χ0) is 28.3. The highest BCUT2D eigenvalue weighted by molar-refractivity contribution is 7.20. The third-order valence-electron chi connectivity index (χ3n) is 9.43. The van der Waals surface area contributed by atoms with Crippen molar-refractivity contribution >= 4 is 69.8 Å². The lowest BCUT2D eigenvalue weighted by Gasteiger charge is -2.37. The Bertz CT molecular complexity index is 2090. The normalized spacial score (nSPS) is 18.8.